The summed E-state index contributed by atoms with van der Waals surface area (Å²) in [6, 6.07) is 10.1. The summed E-state index contributed by atoms with van der Waals surface area (Å²) in [5.74, 6) is 0. The van der Waals surface area contributed by atoms with Crippen molar-refractivity contribution in [2.75, 3.05) is 13.2 Å². The van der Waals surface area contributed by atoms with E-state index in [0.29, 0.717) is 19.6 Å². The van der Waals surface area contributed by atoms with Gasteiger partial charge in [0.15, 0.2) is 0 Å². The SMILES string of the molecule is CCC[CH2][Sn](/[CH]=C(/CC(OCC)OCC)C(O)c1ccccc1)([CH2]CCC)[CH2]CCC. The van der Waals surface area contributed by atoms with Gasteiger partial charge in [-0.1, -0.05) is 0 Å². The first kappa shape index (κ1) is 28.7. The van der Waals surface area contributed by atoms with Crippen molar-refractivity contribution in [3.8, 4) is 0 Å². The molecule has 4 heteroatoms. The minimum absolute atomic E-state index is 0.285. The van der Waals surface area contributed by atoms with Crippen LogP contribution in [0.4, 0.5) is 0 Å². The van der Waals surface area contributed by atoms with Crippen LogP contribution in [0.5, 0.6) is 0 Å². The fraction of sp³-hybridized carbons (Fsp3) is 0.704. The predicted octanol–water partition coefficient (Wildman–Crippen LogP) is 7.82. The monoisotopic (exact) mass is 540 g/mol. The van der Waals surface area contributed by atoms with Crippen molar-refractivity contribution < 1.29 is 14.6 Å². The van der Waals surface area contributed by atoms with E-state index in [2.05, 4.69) is 24.9 Å². The molecule has 0 aliphatic heterocycles. The molecule has 0 saturated carbocycles. The fourth-order valence-corrected chi connectivity index (χ4v) is 19.9. The van der Waals surface area contributed by atoms with Crippen LogP contribution in [0.25, 0.3) is 0 Å². The van der Waals surface area contributed by atoms with E-state index in [-0.39, 0.29) is 6.29 Å². The molecule has 0 radical (unpaired) electrons. The molecular weight excluding hydrogens is 491 g/mol. The summed E-state index contributed by atoms with van der Waals surface area (Å²) in [6.07, 6.45) is 7.49. The average molecular weight is 539 g/mol. The van der Waals surface area contributed by atoms with Gasteiger partial charge in [0.25, 0.3) is 0 Å². The molecule has 31 heavy (non-hydrogen) atoms. The Morgan fingerprint density at radius 2 is 1.32 bits per heavy atom. The Morgan fingerprint density at radius 3 is 1.74 bits per heavy atom. The van der Waals surface area contributed by atoms with Crippen LogP contribution in [-0.2, 0) is 9.47 Å². The van der Waals surface area contributed by atoms with Crippen LogP contribution in [-0.4, -0.2) is 43.0 Å². The molecule has 0 aromatic heterocycles. The van der Waals surface area contributed by atoms with Crippen LogP contribution < -0.4 is 0 Å². The molecule has 3 nitrogen and oxygen atoms in total. The van der Waals surface area contributed by atoms with E-state index in [1.807, 2.05) is 44.2 Å². The molecule has 0 aliphatic rings. The Hall–Kier alpha value is -0.361. The first-order chi connectivity index (χ1) is 15.1. The second kappa shape index (κ2) is 17.2. The van der Waals surface area contributed by atoms with Gasteiger partial charge < -0.3 is 0 Å². The van der Waals surface area contributed by atoms with Crippen molar-refractivity contribution in [2.24, 2.45) is 0 Å². The molecule has 0 spiro atoms. The number of hydrogen-bond acceptors (Lipinski definition) is 3. The Bertz CT molecular complexity index is 560. The van der Waals surface area contributed by atoms with Crippen LogP contribution >= 0.6 is 0 Å². The zero-order valence-corrected chi connectivity index (χ0v) is 23.7. The summed E-state index contributed by atoms with van der Waals surface area (Å²) >= 11 is -2.58. The molecule has 0 bridgehead atoms. The van der Waals surface area contributed by atoms with E-state index in [9.17, 15) is 5.11 Å². The second-order valence-electron chi connectivity index (χ2n) is 8.75. The van der Waals surface area contributed by atoms with Gasteiger partial charge >= 0.3 is 197 Å². The van der Waals surface area contributed by atoms with Gasteiger partial charge in [0.1, 0.15) is 0 Å². The summed E-state index contributed by atoms with van der Waals surface area (Å²) < 4.78 is 18.6. The van der Waals surface area contributed by atoms with Gasteiger partial charge in [0, 0.05) is 0 Å². The van der Waals surface area contributed by atoms with E-state index in [1.165, 1.54) is 51.8 Å². The Kier molecular flexibility index (Phi) is 15.9. The molecule has 0 aliphatic carbocycles. The number of unbranched alkanes of at least 4 members (excludes halogenated alkanes) is 3. The number of rotatable bonds is 18. The van der Waals surface area contributed by atoms with E-state index < -0.39 is 24.5 Å². The van der Waals surface area contributed by atoms with Crippen molar-refractivity contribution in [1.82, 2.24) is 0 Å². The summed E-state index contributed by atoms with van der Waals surface area (Å²) in [4.78, 5) is 0. The summed E-state index contributed by atoms with van der Waals surface area (Å²) in [5.41, 5.74) is 2.11. The molecular formula is C27H48O3Sn. The summed E-state index contributed by atoms with van der Waals surface area (Å²) in [5, 5.41) is 11.5. The van der Waals surface area contributed by atoms with Gasteiger partial charge in [-0.25, -0.2) is 0 Å². The fourth-order valence-electron chi connectivity index (χ4n) is 4.40. The molecule has 1 rings (SSSR count). The topological polar surface area (TPSA) is 38.7 Å². The summed E-state index contributed by atoms with van der Waals surface area (Å²) in [6.45, 7) is 12.2. The number of aliphatic hydroxyl groups is 1. The molecule has 1 aromatic rings. The third-order valence-electron chi connectivity index (χ3n) is 6.15. The van der Waals surface area contributed by atoms with Gasteiger partial charge in [0.2, 0.25) is 0 Å². The average Bonchev–Trinajstić information content (AvgIpc) is 2.79. The van der Waals surface area contributed by atoms with Crippen LogP contribution in [0.3, 0.4) is 0 Å². The maximum absolute atomic E-state index is 11.5. The Labute approximate surface area is 196 Å². The third-order valence-corrected chi connectivity index (χ3v) is 20.5. The molecule has 1 unspecified atom stereocenters. The van der Waals surface area contributed by atoms with Crippen molar-refractivity contribution in [3.05, 3.63) is 45.6 Å². The molecule has 1 aromatic carbocycles. The standard InChI is InChI=1S/C15H21O3.3C4H9.Sn/c1-4-17-14(18-5-2)11-12(3)15(16)13-9-7-6-8-10-13;3*1-3-4-2;/h3,6-10,14-16H,4-5,11H2,1-2H3;3*1,3-4H2,2H3;. The van der Waals surface area contributed by atoms with Crippen molar-refractivity contribution in [1.29, 1.82) is 0 Å². The number of hydrogen-bond donors (Lipinski definition) is 1. The van der Waals surface area contributed by atoms with Crippen molar-refractivity contribution in [2.45, 2.75) is 105 Å². The van der Waals surface area contributed by atoms with Crippen LogP contribution in [0.15, 0.2) is 40.0 Å². The van der Waals surface area contributed by atoms with Crippen LogP contribution in [0.2, 0.25) is 13.3 Å². The molecule has 1 N–H and O–H groups in total. The molecule has 178 valence electrons. The van der Waals surface area contributed by atoms with Gasteiger partial charge in [-0.15, -0.1) is 0 Å². The number of aliphatic hydroxyl groups excluding tert-OH is 1. The van der Waals surface area contributed by atoms with E-state index in [4.69, 9.17) is 9.47 Å². The van der Waals surface area contributed by atoms with Gasteiger partial charge in [-0.05, 0) is 0 Å². The van der Waals surface area contributed by atoms with E-state index >= 15 is 0 Å². The van der Waals surface area contributed by atoms with Gasteiger partial charge in [0.05, 0.1) is 0 Å². The van der Waals surface area contributed by atoms with E-state index in [1.54, 1.807) is 0 Å². The number of ether oxygens (including phenoxy) is 2. The Balaban J connectivity index is 3.40. The molecule has 0 heterocycles. The second-order valence-corrected chi connectivity index (χ2v) is 21.6. The number of benzene rings is 1. The zero-order chi connectivity index (χ0) is 23.0. The van der Waals surface area contributed by atoms with Crippen molar-refractivity contribution >= 4 is 18.4 Å². The van der Waals surface area contributed by atoms with Crippen LogP contribution in [0.1, 0.15) is 91.2 Å². The molecule has 0 fully saturated rings. The molecule has 0 saturated heterocycles. The minimum atomic E-state index is -2.58. The quantitative estimate of drug-likeness (QED) is 0.153. The van der Waals surface area contributed by atoms with Gasteiger partial charge in [-0.2, -0.15) is 0 Å². The van der Waals surface area contributed by atoms with Crippen LogP contribution in [0, 0.1) is 0 Å². The van der Waals surface area contributed by atoms with Crippen molar-refractivity contribution in [3.63, 3.8) is 0 Å². The maximum atomic E-state index is 11.5. The molecule has 1 atom stereocenters. The first-order valence-corrected chi connectivity index (χ1v) is 20.4. The normalized spacial score (nSPS) is 13.7. The first-order valence-electron chi connectivity index (χ1n) is 12.7. The van der Waals surface area contributed by atoms with Gasteiger partial charge in [-0.3, -0.25) is 0 Å². The predicted molar refractivity (Wildman–Crippen MR) is 136 cm³/mol. The van der Waals surface area contributed by atoms with E-state index in [0.717, 1.165) is 11.1 Å². The zero-order valence-electron chi connectivity index (χ0n) is 20.9. The molecule has 0 amide bonds. The summed E-state index contributed by atoms with van der Waals surface area (Å²) in [7, 11) is 0. The Morgan fingerprint density at radius 1 is 0.839 bits per heavy atom. The third kappa shape index (κ3) is 10.9.